The lowest BCUT2D eigenvalue weighted by atomic mass is 10.1. The van der Waals surface area contributed by atoms with E-state index in [-0.39, 0.29) is 4.77 Å². The average Bonchev–Trinajstić information content (AvgIpc) is 2.70. The van der Waals surface area contributed by atoms with Crippen LogP contribution in [0.15, 0.2) is 11.0 Å². The summed E-state index contributed by atoms with van der Waals surface area (Å²) >= 11 is 4.98. The Bertz CT molecular complexity index is 745. The average molecular weight is 346 g/mol. The molecule has 1 fully saturated rings. The minimum Gasteiger partial charge on any atom is -0.456 e. The van der Waals surface area contributed by atoms with E-state index >= 15 is 0 Å². The van der Waals surface area contributed by atoms with Crippen molar-refractivity contribution in [1.29, 1.82) is 0 Å². The predicted molar refractivity (Wildman–Crippen MR) is 76.5 cm³/mol. The largest absolute Gasteiger partial charge is 0.456 e. The molecule has 1 aromatic rings. The summed E-state index contributed by atoms with van der Waals surface area (Å²) in [6.07, 6.45) is -2.76. The van der Waals surface area contributed by atoms with Crippen LogP contribution in [0.3, 0.4) is 0 Å². The van der Waals surface area contributed by atoms with Crippen LogP contribution < -0.4 is 5.56 Å². The zero-order chi connectivity index (χ0) is 17.3. The number of nitrogens with one attached hydrogen (secondary N) is 1. The topological polar surface area (TPSA) is 99.6 Å². The molecule has 1 aliphatic rings. The molecule has 2 rings (SSSR count). The first-order chi connectivity index (χ1) is 10.7. The number of aromatic nitrogens is 2. The van der Waals surface area contributed by atoms with E-state index in [1.165, 1.54) is 13.8 Å². The third-order valence-electron chi connectivity index (χ3n) is 3.22. The molecule has 1 saturated heterocycles. The maximum Gasteiger partial charge on any atom is 0.303 e. The molecule has 0 amide bonds. The third kappa shape index (κ3) is 3.64. The lowest BCUT2D eigenvalue weighted by molar-refractivity contribution is -0.165. The molecule has 0 aromatic carbocycles. The quantitative estimate of drug-likeness (QED) is 0.639. The molecule has 8 nitrogen and oxygen atoms in total. The molecule has 23 heavy (non-hydrogen) atoms. The second-order valence-electron chi connectivity index (χ2n) is 5.02. The van der Waals surface area contributed by atoms with Gasteiger partial charge in [-0.1, -0.05) is 0 Å². The van der Waals surface area contributed by atoms with E-state index in [9.17, 15) is 18.8 Å². The Balaban J connectivity index is 2.45. The van der Waals surface area contributed by atoms with Gasteiger partial charge in [0, 0.05) is 13.8 Å². The molecule has 0 spiro atoms. The lowest BCUT2D eigenvalue weighted by Gasteiger charge is -2.24. The van der Waals surface area contributed by atoms with Gasteiger partial charge in [-0.25, -0.2) is 0 Å². The summed E-state index contributed by atoms with van der Waals surface area (Å²) in [4.78, 5) is 35.9. The molecule has 126 valence electrons. The number of esters is 2. The Labute approximate surface area is 135 Å². The van der Waals surface area contributed by atoms with Crippen molar-refractivity contribution in [3.8, 4) is 0 Å². The summed E-state index contributed by atoms with van der Waals surface area (Å²) in [6, 6.07) is 0. The zero-order valence-electron chi connectivity index (χ0n) is 12.6. The molecule has 1 N–H and O–H groups in total. The van der Waals surface area contributed by atoms with E-state index in [0.717, 1.165) is 10.8 Å². The first-order valence-electron chi connectivity index (χ1n) is 6.71. The monoisotopic (exact) mass is 346 g/mol. The maximum atomic E-state index is 13.5. The second-order valence-corrected chi connectivity index (χ2v) is 5.41. The molecular formula is C13H15FN2O6S. The molecule has 1 aliphatic heterocycles. The number of hydrogen-bond acceptors (Lipinski definition) is 7. The number of hydrogen-bond donors (Lipinski definition) is 1. The minimum atomic E-state index is -1.08. The number of rotatable bonds is 3. The molecule has 4 atom stereocenters. The van der Waals surface area contributed by atoms with Gasteiger partial charge < -0.3 is 14.2 Å². The SMILES string of the molecule is CC(=O)O[C@@H]1[C@H](OC(C)=O)[C@@H](C)O[C@H]1n1cc(F)c(=O)[nH]c1=S. The fourth-order valence-corrected chi connectivity index (χ4v) is 2.60. The zero-order valence-corrected chi connectivity index (χ0v) is 13.4. The number of nitrogens with zero attached hydrogens (tertiary/aromatic N) is 1. The Kier molecular flexibility index (Phi) is 4.95. The first-order valence-corrected chi connectivity index (χ1v) is 7.12. The van der Waals surface area contributed by atoms with E-state index in [1.54, 1.807) is 6.92 Å². The number of H-pyrrole nitrogens is 1. The van der Waals surface area contributed by atoms with Crippen LogP contribution in [0.5, 0.6) is 0 Å². The minimum absolute atomic E-state index is 0.116. The molecule has 10 heteroatoms. The van der Waals surface area contributed by atoms with Gasteiger partial charge in [0.2, 0.25) is 5.82 Å². The van der Waals surface area contributed by atoms with Gasteiger partial charge in [0.1, 0.15) is 0 Å². The molecule has 0 radical (unpaired) electrons. The highest BCUT2D eigenvalue weighted by Gasteiger charge is 2.48. The van der Waals surface area contributed by atoms with Gasteiger partial charge in [-0.2, -0.15) is 4.39 Å². The van der Waals surface area contributed by atoms with Crippen LogP contribution in [-0.2, 0) is 23.8 Å². The predicted octanol–water partition coefficient (Wildman–Crippen LogP) is 0.826. The van der Waals surface area contributed by atoms with Crippen molar-refractivity contribution in [3.05, 3.63) is 27.1 Å². The van der Waals surface area contributed by atoms with Crippen LogP contribution in [-0.4, -0.2) is 39.8 Å². The van der Waals surface area contributed by atoms with Crippen molar-refractivity contribution < 1.29 is 28.2 Å². The summed E-state index contributed by atoms with van der Waals surface area (Å²) in [6.45, 7) is 3.99. The molecule has 0 bridgehead atoms. The lowest BCUT2D eigenvalue weighted by Crippen LogP contribution is -2.38. The van der Waals surface area contributed by atoms with Gasteiger partial charge in [0.05, 0.1) is 12.3 Å². The van der Waals surface area contributed by atoms with Crippen molar-refractivity contribution in [2.75, 3.05) is 0 Å². The number of carbonyl (C=O) groups is 2. The molecule has 0 saturated carbocycles. The first kappa shape index (κ1) is 17.3. The van der Waals surface area contributed by atoms with Gasteiger partial charge in [-0.05, 0) is 19.1 Å². The molecule has 2 heterocycles. The second kappa shape index (κ2) is 6.59. The summed E-state index contributed by atoms with van der Waals surface area (Å²) in [7, 11) is 0. The summed E-state index contributed by atoms with van der Waals surface area (Å²) in [5.74, 6) is -2.29. The van der Waals surface area contributed by atoms with Crippen molar-refractivity contribution in [2.24, 2.45) is 0 Å². The van der Waals surface area contributed by atoms with Crippen LogP contribution in [0.4, 0.5) is 4.39 Å². The fourth-order valence-electron chi connectivity index (χ4n) is 2.35. The Morgan fingerprint density at radius 2 is 1.87 bits per heavy atom. The van der Waals surface area contributed by atoms with Gasteiger partial charge in [-0.3, -0.25) is 23.9 Å². The summed E-state index contributed by atoms with van der Waals surface area (Å²) in [5.41, 5.74) is -0.974. The third-order valence-corrected chi connectivity index (χ3v) is 3.54. The molecular weight excluding hydrogens is 331 g/mol. The van der Waals surface area contributed by atoms with Gasteiger partial charge in [0.15, 0.2) is 23.2 Å². The van der Waals surface area contributed by atoms with Gasteiger partial charge in [0.25, 0.3) is 5.56 Å². The van der Waals surface area contributed by atoms with Gasteiger partial charge >= 0.3 is 11.9 Å². The fraction of sp³-hybridized carbons (Fsp3) is 0.538. The van der Waals surface area contributed by atoms with E-state index in [0.29, 0.717) is 0 Å². The van der Waals surface area contributed by atoms with Crippen LogP contribution in [0.2, 0.25) is 0 Å². The van der Waals surface area contributed by atoms with Crippen molar-refractivity contribution in [3.63, 3.8) is 0 Å². The number of halogens is 1. The van der Waals surface area contributed by atoms with Crippen LogP contribution in [0.25, 0.3) is 0 Å². The summed E-state index contributed by atoms with van der Waals surface area (Å²) < 4.78 is 30.4. The Hall–Kier alpha value is -2.07. The number of carbonyl (C=O) groups excluding carboxylic acids is 2. The van der Waals surface area contributed by atoms with Crippen LogP contribution in [0, 0.1) is 10.6 Å². The standard InChI is InChI=1S/C13H15FN2O6S/c1-5-9(21-6(2)17)10(22-7(3)18)12(20-5)16-4-8(14)11(19)15-13(16)23/h4-5,9-10,12H,1-3H3,(H,15,19,23)/t5-,9-,10-,12-/m1/s1. The number of ether oxygens (including phenoxy) is 3. The molecule has 1 aromatic heterocycles. The summed E-state index contributed by atoms with van der Waals surface area (Å²) in [5, 5.41) is 0. The van der Waals surface area contributed by atoms with Crippen molar-refractivity contribution in [1.82, 2.24) is 9.55 Å². The van der Waals surface area contributed by atoms with E-state index < -0.39 is 47.9 Å². The maximum absolute atomic E-state index is 13.5. The highest BCUT2D eigenvalue weighted by Crippen LogP contribution is 2.33. The highest BCUT2D eigenvalue weighted by molar-refractivity contribution is 7.71. The molecule has 0 unspecified atom stereocenters. The highest BCUT2D eigenvalue weighted by atomic mass is 32.1. The Morgan fingerprint density at radius 3 is 2.43 bits per heavy atom. The van der Waals surface area contributed by atoms with E-state index in [1.807, 2.05) is 0 Å². The van der Waals surface area contributed by atoms with E-state index in [4.69, 9.17) is 26.4 Å². The smallest absolute Gasteiger partial charge is 0.303 e. The van der Waals surface area contributed by atoms with Gasteiger partial charge in [-0.15, -0.1) is 0 Å². The normalized spacial score (nSPS) is 26.8. The van der Waals surface area contributed by atoms with E-state index in [2.05, 4.69) is 4.98 Å². The van der Waals surface area contributed by atoms with Crippen LogP contribution in [0.1, 0.15) is 27.0 Å². The van der Waals surface area contributed by atoms with Crippen molar-refractivity contribution >= 4 is 24.2 Å². The van der Waals surface area contributed by atoms with Crippen LogP contribution >= 0.6 is 12.2 Å². The van der Waals surface area contributed by atoms with Crippen molar-refractivity contribution in [2.45, 2.75) is 45.3 Å². The Morgan fingerprint density at radius 1 is 1.30 bits per heavy atom. The number of aromatic amines is 1. The molecule has 0 aliphatic carbocycles.